The molecule has 0 saturated heterocycles. The number of rotatable bonds is 7. The lowest BCUT2D eigenvalue weighted by atomic mass is 10.2. The molecule has 1 aromatic carbocycles. The Labute approximate surface area is 114 Å². The highest BCUT2D eigenvalue weighted by Crippen LogP contribution is 2.22. The molecule has 0 heterocycles. The average Bonchev–Trinajstić information content (AvgIpc) is 2.35. The van der Waals surface area contributed by atoms with Crippen molar-refractivity contribution in [3.63, 3.8) is 0 Å². The quantitative estimate of drug-likeness (QED) is 0.571. The molecule has 0 aliphatic heterocycles. The van der Waals surface area contributed by atoms with Gasteiger partial charge in [0.15, 0.2) is 0 Å². The third-order valence-corrected chi connectivity index (χ3v) is 3.30. The fourth-order valence-electron chi connectivity index (χ4n) is 1.30. The molecule has 0 N–H and O–H groups in total. The van der Waals surface area contributed by atoms with Gasteiger partial charge >= 0.3 is 5.97 Å². The van der Waals surface area contributed by atoms with E-state index in [1.165, 1.54) is 6.07 Å². The van der Waals surface area contributed by atoms with Gasteiger partial charge in [-0.3, -0.25) is 9.59 Å². The maximum Gasteiger partial charge on any atom is 0.306 e. The van der Waals surface area contributed by atoms with Crippen LogP contribution >= 0.6 is 11.8 Å². The number of halogens is 2. The van der Waals surface area contributed by atoms with Crippen LogP contribution in [-0.2, 0) is 14.3 Å². The summed E-state index contributed by atoms with van der Waals surface area (Å²) in [6, 6.07) is 3.19. The van der Waals surface area contributed by atoms with Gasteiger partial charge in [0.25, 0.3) is 0 Å². The number of esters is 1. The Morgan fingerprint density at radius 1 is 1.26 bits per heavy atom. The number of carbonyl (C=O) groups is 2. The fourth-order valence-corrected chi connectivity index (χ4v) is 2.12. The first-order valence-corrected chi connectivity index (χ1v) is 6.76. The van der Waals surface area contributed by atoms with Gasteiger partial charge in [-0.05, 0) is 19.1 Å². The second-order valence-corrected chi connectivity index (χ2v) is 4.72. The zero-order valence-electron chi connectivity index (χ0n) is 10.4. The van der Waals surface area contributed by atoms with Crippen LogP contribution in [0.5, 0.6) is 0 Å². The number of ether oxygens (including phenoxy) is 1. The van der Waals surface area contributed by atoms with E-state index in [4.69, 9.17) is 0 Å². The van der Waals surface area contributed by atoms with Crippen molar-refractivity contribution in [2.75, 3.05) is 12.4 Å². The van der Waals surface area contributed by atoms with Crippen LogP contribution in [-0.4, -0.2) is 24.1 Å². The molecule has 104 valence electrons. The van der Waals surface area contributed by atoms with Gasteiger partial charge in [0.2, 0.25) is 0 Å². The van der Waals surface area contributed by atoms with Crippen LogP contribution in [0.15, 0.2) is 23.1 Å². The summed E-state index contributed by atoms with van der Waals surface area (Å²) in [6.07, 6.45) is 0.0911. The summed E-state index contributed by atoms with van der Waals surface area (Å²) < 4.78 is 30.6. The molecular weight excluding hydrogens is 274 g/mol. The Morgan fingerprint density at radius 2 is 2.00 bits per heavy atom. The van der Waals surface area contributed by atoms with Crippen molar-refractivity contribution < 1.29 is 23.1 Å². The van der Waals surface area contributed by atoms with E-state index < -0.39 is 17.6 Å². The Morgan fingerprint density at radius 3 is 2.63 bits per heavy atom. The van der Waals surface area contributed by atoms with E-state index in [1.54, 1.807) is 6.92 Å². The lowest BCUT2D eigenvalue weighted by Crippen LogP contribution is -2.09. The van der Waals surface area contributed by atoms with Gasteiger partial charge in [-0.2, -0.15) is 0 Å². The molecular formula is C13H14F2O3S. The van der Waals surface area contributed by atoms with Crippen LogP contribution in [0, 0.1) is 11.6 Å². The van der Waals surface area contributed by atoms with Crippen molar-refractivity contribution in [2.24, 2.45) is 0 Å². The van der Waals surface area contributed by atoms with Gasteiger partial charge in [-0.1, -0.05) is 0 Å². The monoisotopic (exact) mass is 288 g/mol. The first-order valence-electron chi connectivity index (χ1n) is 5.78. The van der Waals surface area contributed by atoms with Crippen molar-refractivity contribution in [1.82, 2.24) is 0 Å². The average molecular weight is 288 g/mol. The van der Waals surface area contributed by atoms with E-state index in [9.17, 15) is 18.4 Å². The number of benzene rings is 1. The molecule has 0 amide bonds. The summed E-state index contributed by atoms with van der Waals surface area (Å²) in [5.41, 5.74) is 0. The molecule has 0 aliphatic carbocycles. The molecule has 6 heteroatoms. The molecule has 0 bridgehead atoms. The van der Waals surface area contributed by atoms with E-state index in [0.29, 0.717) is 0 Å². The molecule has 19 heavy (non-hydrogen) atoms. The number of hydrogen-bond donors (Lipinski definition) is 0. The maximum absolute atomic E-state index is 13.3. The van der Waals surface area contributed by atoms with E-state index in [0.717, 1.165) is 23.9 Å². The van der Waals surface area contributed by atoms with Crippen LogP contribution in [0.2, 0.25) is 0 Å². The topological polar surface area (TPSA) is 43.4 Å². The van der Waals surface area contributed by atoms with Crippen molar-refractivity contribution in [1.29, 1.82) is 0 Å². The first kappa shape index (κ1) is 15.6. The maximum atomic E-state index is 13.3. The van der Waals surface area contributed by atoms with Gasteiger partial charge in [0.1, 0.15) is 17.4 Å². The molecule has 1 rings (SSSR count). The zero-order chi connectivity index (χ0) is 14.3. The van der Waals surface area contributed by atoms with Crippen molar-refractivity contribution in [2.45, 2.75) is 24.7 Å². The molecule has 0 radical (unpaired) electrons. The van der Waals surface area contributed by atoms with Crippen molar-refractivity contribution in [3.8, 4) is 0 Å². The summed E-state index contributed by atoms with van der Waals surface area (Å²) in [5.74, 6) is -1.91. The molecule has 0 unspecified atom stereocenters. The fraction of sp³-hybridized carbons (Fsp3) is 0.385. The number of Topliss-reactive ketones (excluding diaryl/α,β-unsaturated/α-hetero) is 1. The standard InChI is InChI=1S/C13H14F2O3S/c1-2-18-13(17)6-4-10(16)8-19-12-5-3-9(14)7-11(12)15/h3,5,7H,2,4,6,8H2,1H3. The Bertz CT molecular complexity index is 463. The Kier molecular flexibility index (Phi) is 6.49. The summed E-state index contributed by atoms with van der Waals surface area (Å²) in [4.78, 5) is 22.7. The summed E-state index contributed by atoms with van der Waals surface area (Å²) in [5, 5.41) is 0. The molecule has 0 atom stereocenters. The molecule has 0 spiro atoms. The zero-order valence-corrected chi connectivity index (χ0v) is 11.3. The highest BCUT2D eigenvalue weighted by molar-refractivity contribution is 8.00. The van der Waals surface area contributed by atoms with Gasteiger partial charge in [-0.15, -0.1) is 11.8 Å². The third-order valence-electron chi connectivity index (χ3n) is 2.20. The van der Waals surface area contributed by atoms with E-state index in [-0.39, 0.29) is 35.9 Å². The van der Waals surface area contributed by atoms with E-state index in [1.807, 2.05) is 0 Å². The molecule has 0 aliphatic rings. The highest BCUT2D eigenvalue weighted by atomic mass is 32.2. The first-order chi connectivity index (χ1) is 9.02. The Balaban J connectivity index is 2.36. The minimum atomic E-state index is -0.691. The molecule has 3 nitrogen and oxygen atoms in total. The number of hydrogen-bond acceptors (Lipinski definition) is 4. The lowest BCUT2D eigenvalue weighted by Gasteiger charge is -2.03. The van der Waals surface area contributed by atoms with E-state index >= 15 is 0 Å². The predicted octanol–water partition coefficient (Wildman–Crippen LogP) is 2.97. The molecule has 1 aromatic rings. The van der Waals surface area contributed by atoms with E-state index in [2.05, 4.69) is 4.74 Å². The lowest BCUT2D eigenvalue weighted by molar-refractivity contribution is -0.144. The molecule has 0 aromatic heterocycles. The third kappa shape index (κ3) is 5.83. The predicted molar refractivity (Wildman–Crippen MR) is 68.0 cm³/mol. The van der Waals surface area contributed by atoms with Gasteiger partial charge in [0.05, 0.1) is 18.8 Å². The Hall–Kier alpha value is -1.43. The van der Waals surface area contributed by atoms with Crippen LogP contribution in [0.4, 0.5) is 8.78 Å². The van der Waals surface area contributed by atoms with Crippen LogP contribution in [0.25, 0.3) is 0 Å². The summed E-state index contributed by atoms with van der Waals surface area (Å²) >= 11 is 0.986. The minimum Gasteiger partial charge on any atom is -0.466 e. The number of carbonyl (C=O) groups excluding carboxylic acids is 2. The second kappa shape index (κ2) is 7.89. The highest BCUT2D eigenvalue weighted by Gasteiger charge is 2.10. The van der Waals surface area contributed by atoms with Crippen LogP contribution in [0.1, 0.15) is 19.8 Å². The van der Waals surface area contributed by atoms with Crippen molar-refractivity contribution >= 4 is 23.5 Å². The van der Waals surface area contributed by atoms with Crippen LogP contribution in [0.3, 0.4) is 0 Å². The summed E-state index contributed by atoms with van der Waals surface area (Å²) in [7, 11) is 0. The number of thioether (sulfide) groups is 1. The molecule has 0 fully saturated rings. The smallest absolute Gasteiger partial charge is 0.306 e. The summed E-state index contributed by atoms with van der Waals surface area (Å²) in [6.45, 7) is 1.97. The van der Waals surface area contributed by atoms with Gasteiger partial charge in [-0.25, -0.2) is 8.78 Å². The minimum absolute atomic E-state index is 0.0269. The molecule has 0 saturated carbocycles. The van der Waals surface area contributed by atoms with Crippen molar-refractivity contribution in [3.05, 3.63) is 29.8 Å². The largest absolute Gasteiger partial charge is 0.466 e. The van der Waals surface area contributed by atoms with Gasteiger partial charge < -0.3 is 4.74 Å². The van der Waals surface area contributed by atoms with Gasteiger partial charge in [0, 0.05) is 17.4 Å². The SMILES string of the molecule is CCOC(=O)CCC(=O)CSc1ccc(F)cc1F. The number of ketones is 1. The normalized spacial score (nSPS) is 10.3. The van der Waals surface area contributed by atoms with Crippen LogP contribution < -0.4 is 0 Å². The second-order valence-electron chi connectivity index (χ2n) is 3.71.